The van der Waals surface area contributed by atoms with Crippen LogP contribution in [0.4, 0.5) is 5.69 Å². The van der Waals surface area contributed by atoms with E-state index in [0.29, 0.717) is 22.5 Å². The van der Waals surface area contributed by atoms with Gasteiger partial charge in [-0.3, -0.25) is 9.78 Å². The van der Waals surface area contributed by atoms with Crippen molar-refractivity contribution in [1.82, 2.24) is 4.98 Å². The highest BCUT2D eigenvalue weighted by molar-refractivity contribution is 6.09. The van der Waals surface area contributed by atoms with Crippen LogP contribution in [0.25, 0.3) is 11.3 Å². The first-order valence-electron chi connectivity index (χ1n) is 6.66. The molecule has 0 bridgehead atoms. The molecule has 3 nitrogen and oxygen atoms in total. The highest BCUT2D eigenvalue weighted by Crippen LogP contribution is 2.24. The van der Waals surface area contributed by atoms with Crippen LogP contribution < -0.4 is 5.73 Å². The molecule has 102 valence electrons. The quantitative estimate of drug-likeness (QED) is 0.743. The van der Waals surface area contributed by atoms with Crippen LogP contribution in [0.2, 0.25) is 0 Å². The molecule has 1 heterocycles. The van der Waals surface area contributed by atoms with Gasteiger partial charge in [0.2, 0.25) is 0 Å². The van der Waals surface area contributed by atoms with E-state index in [1.807, 2.05) is 48.5 Å². The second-order valence-electron chi connectivity index (χ2n) is 4.72. The van der Waals surface area contributed by atoms with Crippen molar-refractivity contribution in [2.75, 3.05) is 5.73 Å². The highest BCUT2D eigenvalue weighted by atomic mass is 16.1. The number of benzene rings is 2. The van der Waals surface area contributed by atoms with Gasteiger partial charge in [-0.25, -0.2) is 0 Å². The van der Waals surface area contributed by atoms with E-state index in [1.165, 1.54) is 0 Å². The van der Waals surface area contributed by atoms with Crippen molar-refractivity contribution < 1.29 is 4.79 Å². The Hall–Kier alpha value is -2.94. The Labute approximate surface area is 123 Å². The number of carbonyl (C=O) groups excluding carboxylic acids is 1. The molecule has 0 saturated heterocycles. The third kappa shape index (κ3) is 2.67. The Balaban J connectivity index is 2.02. The molecule has 2 aromatic carbocycles. The molecule has 0 aliphatic heterocycles. The van der Waals surface area contributed by atoms with E-state index in [2.05, 4.69) is 4.98 Å². The van der Waals surface area contributed by atoms with Gasteiger partial charge in [-0.1, -0.05) is 48.5 Å². The molecule has 2 N–H and O–H groups in total. The fourth-order valence-corrected chi connectivity index (χ4v) is 2.22. The summed E-state index contributed by atoms with van der Waals surface area (Å²) < 4.78 is 0. The SMILES string of the molecule is Nc1cccnc1-c1cccc(C(=O)c2ccccc2)c1. The molecular formula is C18H14N2O. The minimum absolute atomic E-state index is 0.00745. The molecule has 0 radical (unpaired) electrons. The number of pyridine rings is 1. The zero-order chi connectivity index (χ0) is 14.7. The molecule has 0 aliphatic carbocycles. The number of hydrogen-bond acceptors (Lipinski definition) is 3. The van der Waals surface area contributed by atoms with E-state index in [-0.39, 0.29) is 5.78 Å². The third-order valence-corrected chi connectivity index (χ3v) is 3.27. The molecule has 21 heavy (non-hydrogen) atoms. The van der Waals surface area contributed by atoms with E-state index >= 15 is 0 Å². The molecular weight excluding hydrogens is 260 g/mol. The highest BCUT2D eigenvalue weighted by Gasteiger charge is 2.11. The van der Waals surface area contributed by atoms with Crippen molar-refractivity contribution in [1.29, 1.82) is 0 Å². The minimum atomic E-state index is -0.00745. The average Bonchev–Trinajstić information content (AvgIpc) is 2.55. The van der Waals surface area contributed by atoms with E-state index in [1.54, 1.807) is 24.4 Å². The van der Waals surface area contributed by atoms with Crippen LogP contribution >= 0.6 is 0 Å². The predicted octanol–water partition coefficient (Wildman–Crippen LogP) is 3.56. The summed E-state index contributed by atoms with van der Waals surface area (Å²) in [5.41, 5.74) is 9.38. The lowest BCUT2D eigenvalue weighted by Gasteiger charge is -2.06. The summed E-state index contributed by atoms with van der Waals surface area (Å²) in [6.45, 7) is 0. The number of hydrogen-bond donors (Lipinski definition) is 1. The fraction of sp³-hybridized carbons (Fsp3) is 0. The first kappa shape index (κ1) is 13.1. The molecule has 3 aromatic rings. The number of carbonyl (C=O) groups is 1. The lowest BCUT2D eigenvalue weighted by atomic mass is 10.00. The predicted molar refractivity (Wildman–Crippen MR) is 84.0 cm³/mol. The van der Waals surface area contributed by atoms with Crippen molar-refractivity contribution >= 4 is 11.5 Å². The Morgan fingerprint density at radius 2 is 1.62 bits per heavy atom. The van der Waals surface area contributed by atoms with Gasteiger partial charge in [0, 0.05) is 22.9 Å². The van der Waals surface area contributed by atoms with Crippen LogP contribution in [0, 0.1) is 0 Å². The van der Waals surface area contributed by atoms with Gasteiger partial charge < -0.3 is 5.73 Å². The Kier molecular flexibility index (Phi) is 3.48. The maximum atomic E-state index is 12.5. The molecule has 0 amide bonds. The fourth-order valence-electron chi connectivity index (χ4n) is 2.22. The largest absolute Gasteiger partial charge is 0.397 e. The summed E-state index contributed by atoms with van der Waals surface area (Å²) in [6.07, 6.45) is 1.69. The molecule has 1 aromatic heterocycles. The normalized spacial score (nSPS) is 10.3. The van der Waals surface area contributed by atoms with E-state index in [4.69, 9.17) is 5.73 Å². The average molecular weight is 274 g/mol. The first-order valence-corrected chi connectivity index (χ1v) is 6.66. The molecule has 3 rings (SSSR count). The molecule has 0 fully saturated rings. The van der Waals surface area contributed by atoms with Crippen LogP contribution in [0.1, 0.15) is 15.9 Å². The van der Waals surface area contributed by atoms with Gasteiger partial charge in [-0.15, -0.1) is 0 Å². The van der Waals surface area contributed by atoms with Gasteiger partial charge in [0.1, 0.15) is 0 Å². The van der Waals surface area contributed by atoms with E-state index in [0.717, 1.165) is 5.56 Å². The first-order chi connectivity index (χ1) is 10.3. The van der Waals surface area contributed by atoms with Crippen molar-refractivity contribution in [3.8, 4) is 11.3 Å². The Bertz CT molecular complexity index is 782. The molecule has 0 spiro atoms. The second-order valence-corrected chi connectivity index (χ2v) is 4.72. The van der Waals surface area contributed by atoms with Crippen molar-refractivity contribution in [3.05, 3.63) is 84.1 Å². The van der Waals surface area contributed by atoms with Crippen LogP contribution in [0.5, 0.6) is 0 Å². The zero-order valence-electron chi connectivity index (χ0n) is 11.4. The monoisotopic (exact) mass is 274 g/mol. The molecule has 0 saturated carbocycles. The van der Waals surface area contributed by atoms with Gasteiger partial charge in [0.15, 0.2) is 5.78 Å². The maximum absolute atomic E-state index is 12.5. The van der Waals surface area contributed by atoms with Gasteiger partial charge in [-0.2, -0.15) is 0 Å². The summed E-state index contributed by atoms with van der Waals surface area (Å²) in [4.78, 5) is 16.7. The Morgan fingerprint density at radius 3 is 2.38 bits per heavy atom. The standard InChI is InChI=1S/C18H14N2O/c19-16-10-5-11-20-17(16)14-8-4-9-15(12-14)18(21)13-6-2-1-3-7-13/h1-12H,19H2. The molecule has 0 unspecified atom stereocenters. The number of nitrogens with two attached hydrogens (primary N) is 1. The molecule has 3 heteroatoms. The van der Waals surface area contributed by atoms with E-state index in [9.17, 15) is 4.79 Å². The van der Waals surface area contributed by atoms with Crippen molar-refractivity contribution in [2.24, 2.45) is 0 Å². The summed E-state index contributed by atoms with van der Waals surface area (Å²) in [6, 6.07) is 20.2. The Morgan fingerprint density at radius 1 is 0.857 bits per heavy atom. The third-order valence-electron chi connectivity index (χ3n) is 3.27. The summed E-state index contributed by atoms with van der Waals surface area (Å²) in [7, 11) is 0. The van der Waals surface area contributed by atoms with Crippen molar-refractivity contribution in [2.45, 2.75) is 0 Å². The van der Waals surface area contributed by atoms with Crippen molar-refractivity contribution in [3.63, 3.8) is 0 Å². The summed E-state index contributed by atoms with van der Waals surface area (Å²) in [5.74, 6) is -0.00745. The lowest BCUT2D eigenvalue weighted by Crippen LogP contribution is -2.01. The van der Waals surface area contributed by atoms with Crippen LogP contribution in [0.3, 0.4) is 0 Å². The van der Waals surface area contributed by atoms with Gasteiger partial charge in [0.05, 0.1) is 11.4 Å². The number of nitrogen functional groups attached to an aromatic ring is 1. The molecule has 0 atom stereocenters. The topological polar surface area (TPSA) is 56.0 Å². The summed E-state index contributed by atoms with van der Waals surface area (Å²) in [5, 5.41) is 0. The number of anilines is 1. The van der Waals surface area contributed by atoms with Gasteiger partial charge in [-0.05, 0) is 18.2 Å². The zero-order valence-corrected chi connectivity index (χ0v) is 11.4. The van der Waals surface area contributed by atoms with Gasteiger partial charge >= 0.3 is 0 Å². The van der Waals surface area contributed by atoms with Crippen LogP contribution in [-0.2, 0) is 0 Å². The smallest absolute Gasteiger partial charge is 0.193 e. The van der Waals surface area contributed by atoms with E-state index < -0.39 is 0 Å². The molecule has 0 aliphatic rings. The van der Waals surface area contributed by atoms with Gasteiger partial charge in [0.25, 0.3) is 0 Å². The maximum Gasteiger partial charge on any atom is 0.193 e. The number of aromatic nitrogens is 1. The minimum Gasteiger partial charge on any atom is -0.397 e. The lowest BCUT2D eigenvalue weighted by molar-refractivity contribution is 0.103. The number of ketones is 1. The van der Waals surface area contributed by atoms with Crippen LogP contribution in [-0.4, -0.2) is 10.8 Å². The van der Waals surface area contributed by atoms with Crippen LogP contribution in [0.15, 0.2) is 72.9 Å². The second kappa shape index (κ2) is 5.59. The number of nitrogens with zero attached hydrogens (tertiary/aromatic N) is 1. The number of rotatable bonds is 3. The summed E-state index contributed by atoms with van der Waals surface area (Å²) >= 11 is 0.